The van der Waals surface area contributed by atoms with Gasteiger partial charge in [-0.2, -0.15) is 0 Å². The molecular formula is C20H29NO5S. The first-order valence-electron chi connectivity index (χ1n) is 9.44. The number of carboxylic acid groups (broad SMARTS) is 1. The van der Waals surface area contributed by atoms with Crippen molar-refractivity contribution < 1.29 is 23.1 Å². The molecule has 0 atom stereocenters. The fraction of sp³-hybridized carbons (Fsp3) is 0.600. The molecule has 150 valence electrons. The molecule has 1 aromatic carbocycles. The largest absolute Gasteiger partial charge is 0.480 e. The van der Waals surface area contributed by atoms with Crippen LogP contribution in [0.4, 0.5) is 0 Å². The zero-order valence-corrected chi connectivity index (χ0v) is 16.9. The average Bonchev–Trinajstić information content (AvgIpc) is 2.59. The Labute approximate surface area is 161 Å². The molecule has 0 bridgehead atoms. The zero-order chi connectivity index (χ0) is 20.0. The van der Waals surface area contributed by atoms with Gasteiger partial charge < -0.3 is 10.0 Å². The molecule has 27 heavy (non-hydrogen) atoms. The van der Waals surface area contributed by atoms with Crippen molar-refractivity contribution >= 4 is 21.6 Å². The van der Waals surface area contributed by atoms with Crippen molar-refractivity contribution in [3.63, 3.8) is 0 Å². The number of ketones is 1. The lowest BCUT2D eigenvalue weighted by atomic mass is 9.88. The number of nitrogens with zero attached hydrogens (tertiary/aromatic N) is 1. The van der Waals surface area contributed by atoms with Crippen LogP contribution in [0.5, 0.6) is 0 Å². The molecule has 6 nitrogen and oxygen atoms in total. The number of Topliss-reactive ketones (excluding diaryl/α,β-unsaturated/α-hetero) is 1. The number of carbonyl (C=O) groups excluding carboxylic acids is 1. The minimum absolute atomic E-state index is 0.0344. The molecule has 1 saturated heterocycles. The number of piperidine rings is 1. The van der Waals surface area contributed by atoms with Gasteiger partial charge in [0.15, 0.2) is 15.6 Å². The molecule has 1 aromatic rings. The van der Waals surface area contributed by atoms with Crippen LogP contribution < -0.4 is 0 Å². The van der Waals surface area contributed by atoms with E-state index in [0.29, 0.717) is 38.4 Å². The Kier molecular flexibility index (Phi) is 7.56. The average molecular weight is 396 g/mol. The van der Waals surface area contributed by atoms with E-state index in [4.69, 9.17) is 5.11 Å². The number of hydrogen-bond donors (Lipinski definition) is 1. The smallest absolute Gasteiger partial charge is 0.318 e. The molecule has 1 fully saturated rings. The van der Waals surface area contributed by atoms with Gasteiger partial charge in [-0.05, 0) is 43.8 Å². The van der Waals surface area contributed by atoms with Gasteiger partial charge in [0.05, 0.1) is 5.75 Å². The first-order valence-corrected chi connectivity index (χ1v) is 11.3. The fourth-order valence-corrected chi connectivity index (χ4v) is 4.52. The van der Waals surface area contributed by atoms with Crippen molar-refractivity contribution in [3.05, 3.63) is 35.4 Å². The van der Waals surface area contributed by atoms with Gasteiger partial charge in [-0.1, -0.05) is 38.1 Å². The van der Waals surface area contributed by atoms with Crippen LogP contribution in [-0.4, -0.2) is 61.3 Å². The molecular weight excluding hydrogens is 366 g/mol. The van der Waals surface area contributed by atoms with Crippen LogP contribution in [0.15, 0.2) is 24.3 Å². The van der Waals surface area contributed by atoms with Gasteiger partial charge in [0.1, 0.15) is 5.75 Å². The molecule has 0 amide bonds. The Bertz CT molecular complexity index is 747. The molecule has 0 aliphatic carbocycles. The molecule has 1 aliphatic heterocycles. The third-order valence-corrected chi connectivity index (χ3v) is 6.39. The molecule has 0 aromatic heterocycles. The van der Waals surface area contributed by atoms with E-state index < -0.39 is 21.6 Å². The van der Waals surface area contributed by atoms with Gasteiger partial charge in [0.2, 0.25) is 0 Å². The minimum Gasteiger partial charge on any atom is -0.480 e. The maximum atomic E-state index is 12.7. The molecule has 1 heterocycles. The van der Waals surface area contributed by atoms with Crippen LogP contribution in [0.25, 0.3) is 0 Å². The van der Waals surface area contributed by atoms with Crippen LogP contribution in [0, 0.1) is 11.8 Å². The standard InChI is InChI=1S/C20H29NO5S/c1-15(2)13-16-3-5-17(6-4-16)20(24)18-7-9-21(10-8-18)11-12-27(25,26)14-19(22)23/h3-6,15,18H,7-14H2,1-2H3,(H,22,23). The second-order valence-electron chi connectivity index (χ2n) is 7.76. The van der Waals surface area contributed by atoms with Crippen molar-refractivity contribution in [2.24, 2.45) is 11.8 Å². The molecule has 1 N–H and O–H groups in total. The summed E-state index contributed by atoms with van der Waals surface area (Å²) < 4.78 is 23.3. The Morgan fingerprint density at radius 2 is 1.74 bits per heavy atom. The summed E-state index contributed by atoms with van der Waals surface area (Å²) in [7, 11) is -3.57. The number of carboxylic acids is 1. The lowest BCUT2D eigenvalue weighted by Gasteiger charge is -2.31. The highest BCUT2D eigenvalue weighted by molar-refractivity contribution is 7.92. The third-order valence-electron chi connectivity index (χ3n) is 4.90. The summed E-state index contributed by atoms with van der Waals surface area (Å²) in [5.41, 5.74) is 1.98. The topological polar surface area (TPSA) is 91.8 Å². The van der Waals surface area contributed by atoms with Crippen LogP contribution >= 0.6 is 0 Å². The quantitative estimate of drug-likeness (QED) is 0.645. The van der Waals surface area contributed by atoms with Crippen molar-refractivity contribution in [3.8, 4) is 0 Å². The number of likely N-dealkylation sites (tertiary alicyclic amines) is 1. The lowest BCUT2D eigenvalue weighted by molar-refractivity contribution is -0.134. The van der Waals surface area contributed by atoms with Gasteiger partial charge in [0.25, 0.3) is 0 Å². The molecule has 0 spiro atoms. The number of rotatable bonds is 9. The second-order valence-corrected chi connectivity index (χ2v) is 9.94. The Morgan fingerprint density at radius 1 is 1.15 bits per heavy atom. The predicted molar refractivity (Wildman–Crippen MR) is 105 cm³/mol. The first-order chi connectivity index (χ1) is 12.7. The maximum absolute atomic E-state index is 12.7. The minimum atomic E-state index is -3.57. The van der Waals surface area contributed by atoms with Crippen molar-refractivity contribution in [2.45, 2.75) is 33.1 Å². The van der Waals surface area contributed by atoms with Crippen molar-refractivity contribution in [1.82, 2.24) is 4.90 Å². The van der Waals surface area contributed by atoms with E-state index in [-0.39, 0.29) is 17.5 Å². The summed E-state index contributed by atoms with van der Waals surface area (Å²) >= 11 is 0. The summed E-state index contributed by atoms with van der Waals surface area (Å²) in [6, 6.07) is 7.86. The van der Waals surface area contributed by atoms with Crippen LogP contribution in [0.1, 0.15) is 42.6 Å². The van der Waals surface area contributed by atoms with Crippen molar-refractivity contribution in [2.75, 3.05) is 31.1 Å². The van der Waals surface area contributed by atoms with E-state index in [1.807, 2.05) is 29.2 Å². The Balaban J connectivity index is 1.82. The number of sulfone groups is 1. The van der Waals surface area contributed by atoms with Crippen molar-refractivity contribution in [1.29, 1.82) is 0 Å². The third kappa shape index (κ3) is 7.07. The second kappa shape index (κ2) is 9.46. The Morgan fingerprint density at radius 3 is 2.26 bits per heavy atom. The molecule has 0 radical (unpaired) electrons. The highest BCUT2D eigenvalue weighted by Crippen LogP contribution is 2.22. The highest BCUT2D eigenvalue weighted by atomic mass is 32.2. The van der Waals surface area contributed by atoms with E-state index >= 15 is 0 Å². The number of hydrogen-bond acceptors (Lipinski definition) is 5. The van der Waals surface area contributed by atoms with Gasteiger partial charge in [-0.15, -0.1) is 0 Å². The number of aliphatic carboxylic acids is 1. The Hall–Kier alpha value is -1.73. The summed E-state index contributed by atoms with van der Waals surface area (Å²) in [5.74, 6) is -1.60. The van der Waals surface area contributed by atoms with E-state index in [0.717, 1.165) is 12.0 Å². The van der Waals surface area contributed by atoms with E-state index in [1.165, 1.54) is 5.56 Å². The summed E-state index contributed by atoms with van der Waals surface area (Å²) in [5, 5.41) is 8.62. The first kappa shape index (κ1) is 21.6. The predicted octanol–water partition coefficient (Wildman–Crippen LogP) is 2.28. The van der Waals surface area contributed by atoms with Crippen LogP contribution in [0.2, 0.25) is 0 Å². The van der Waals surface area contributed by atoms with E-state index in [1.54, 1.807) is 0 Å². The van der Waals surface area contributed by atoms with Gasteiger partial charge in [0, 0.05) is 18.0 Å². The highest BCUT2D eigenvalue weighted by Gasteiger charge is 2.26. The fourth-order valence-electron chi connectivity index (χ4n) is 3.46. The normalized spacial score (nSPS) is 16.6. The number of carbonyl (C=O) groups is 2. The van der Waals surface area contributed by atoms with E-state index in [9.17, 15) is 18.0 Å². The number of benzene rings is 1. The monoisotopic (exact) mass is 395 g/mol. The SMILES string of the molecule is CC(C)Cc1ccc(C(=O)C2CCN(CCS(=O)(=O)CC(=O)O)CC2)cc1. The summed E-state index contributed by atoms with van der Waals surface area (Å²) in [4.78, 5) is 25.3. The molecule has 1 aliphatic rings. The molecule has 0 saturated carbocycles. The zero-order valence-electron chi connectivity index (χ0n) is 16.1. The molecule has 0 unspecified atom stereocenters. The van der Waals surface area contributed by atoms with Crippen LogP contribution in [-0.2, 0) is 21.1 Å². The van der Waals surface area contributed by atoms with Gasteiger partial charge >= 0.3 is 5.97 Å². The van der Waals surface area contributed by atoms with Gasteiger partial charge in [-0.25, -0.2) is 8.42 Å². The van der Waals surface area contributed by atoms with Gasteiger partial charge in [-0.3, -0.25) is 9.59 Å². The van der Waals surface area contributed by atoms with E-state index in [2.05, 4.69) is 13.8 Å². The lowest BCUT2D eigenvalue weighted by Crippen LogP contribution is -2.39. The molecule has 7 heteroatoms. The summed E-state index contributed by atoms with van der Waals surface area (Å²) in [6.45, 7) is 5.97. The summed E-state index contributed by atoms with van der Waals surface area (Å²) in [6.07, 6.45) is 2.40. The molecule has 2 rings (SSSR count). The maximum Gasteiger partial charge on any atom is 0.318 e. The van der Waals surface area contributed by atoms with Crippen LogP contribution in [0.3, 0.4) is 0 Å².